The second kappa shape index (κ2) is 8.32. The minimum absolute atomic E-state index is 0.0467. The van der Waals surface area contributed by atoms with Crippen molar-refractivity contribution in [3.05, 3.63) is 29.8 Å². The Labute approximate surface area is 146 Å². The number of benzene rings is 1. The van der Waals surface area contributed by atoms with E-state index < -0.39 is 10.0 Å². The van der Waals surface area contributed by atoms with Gasteiger partial charge in [0.2, 0.25) is 10.0 Å². The molecule has 1 aliphatic rings. The molecular weight excluding hydrogens is 324 g/mol. The molecule has 2 N–H and O–H groups in total. The SMILES string of the molecule is CC(C)c1ccc(OCC2CCN(C)CC2CCS(N)(=O)=O)cc1. The van der Waals surface area contributed by atoms with Gasteiger partial charge in [0.1, 0.15) is 5.75 Å². The molecule has 0 spiro atoms. The normalized spacial score (nSPS) is 22.7. The molecule has 2 unspecified atom stereocenters. The van der Waals surface area contributed by atoms with Crippen molar-refractivity contribution < 1.29 is 13.2 Å². The van der Waals surface area contributed by atoms with Crippen molar-refractivity contribution in [2.45, 2.75) is 32.6 Å². The van der Waals surface area contributed by atoms with E-state index in [-0.39, 0.29) is 5.75 Å². The van der Waals surface area contributed by atoms with Gasteiger partial charge >= 0.3 is 0 Å². The zero-order chi connectivity index (χ0) is 17.7. The van der Waals surface area contributed by atoms with Crippen LogP contribution in [0.5, 0.6) is 5.75 Å². The summed E-state index contributed by atoms with van der Waals surface area (Å²) in [4.78, 5) is 2.25. The lowest BCUT2D eigenvalue weighted by Gasteiger charge is -2.36. The predicted molar refractivity (Wildman–Crippen MR) is 97.7 cm³/mol. The fraction of sp³-hybridized carbons (Fsp3) is 0.667. The highest BCUT2D eigenvalue weighted by Crippen LogP contribution is 2.27. The molecule has 5 nitrogen and oxygen atoms in total. The average molecular weight is 355 g/mol. The van der Waals surface area contributed by atoms with Gasteiger partial charge in [-0.05, 0) is 61.9 Å². The summed E-state index contributed by atoms with van der Waals surface area (Å²) >= 11 is 0. The highest BCUT2D eigenvalue weighted by molar-refractivity contribution is 7.89. The monoisotopic (exact) mass is 354 g/mol. The Kier molecular flexibility index (Phi) is 6.66. The smallest absolute Gasteiger partial charge is 0.209 e. The van der Waals surface area contributed by atoms with E-state index >= 15 is 0 Å². The molecule has 1 aromatic rings. The van der Waals surface area contributed by atoms with Gasteiger partial charge in [-0.15, -0.1) is 0 Å². The molecule has 0 radical (unpaired) electrons. The molecule has 2 atom stereocenters. The van der Waals surface area contributed by atoms with Gasteiger partial charge in [-0.3, -0.25) is 0 Å². The van der Waals surface area contributed by atoms with Gasteiger partial charge in [0, 0.05) is 6.54 Å². The summed E-state index contributed by atoms with van der Waals surface area (Å²) in [6, 6.07) is 8.24. The Morgan fingerprint density at radius 3 is 2.50 bits per heavy atom. The van der Waals surface area contributed by atoms with E-state index in [1.54, 1.807) is 0 Å². The Morgan fingerprint density at radius 1 is 1.25 bits per heavy atom. The minimum Gasteiger partial charge on any atom is -0.493 e. The van der Waals surface area contributed by atoms with Crippen molar-refractivity contribution in [3.63, 3.8) is 0 Å². The van der Waals surface area contributed by atoms with Crippen LogP contribution in [-0.4, -0.2) is 45.8 Å². The van der Waals surface area contributed by atoms with Crippen LogP contribution in [0.3, 0.4) is 0 Å². The number of nitrogens with zero attached hydrogens (tertiary/aromatic N) is 1. The van der Waals surface area contributed by atoms with Crippen molar-refractivity contribution in [1.82, 2.24) is 4.90 Å². The first-order valence-corrected chi connectivity index (χ1v) is 10.4. The summed E-state index contributed by atoms with van der Waals surface area (Å²) in [5, 5.41) is 5.16. The molecule has 24 heavy (non-hydrogen) atoms. The Hall–Kier alpha value is -1.11. The molecule has 1 fully saturated rings. The average Bonchev–Trinajstić information content (AvgIpc) is 2.51. The summed E-state index contributed by atoms with van der Waals surface area (Å²) in [5.41, 5.74) is 1.30. The zero-order valence-electron chi connectivity index (χ0n) is 14.9. The van der Waals surface area contributed by atoms with Crippen LogP contribution in [0.4, 0.5) is 0 Å². The predicted octanol–water partition coefficient (Wildman–Crippen LogP) is 2.44. The Bertz CT molecular complexity index is 614. The first kappa shape index (κ1) is 19.2. The number of rotatable bonds is 7. The summed E-state index contributed by atoms with van der Waals surface area (Å²) in [6.45, 7) is 6.89. The van der Waals surface area contributed by atoms with Gasteiger partial charge < -0.3 is 9.64 Å². The van der Waals surface area contributed by atoms with Gasteiger partial charge in [-0.25, -0.2) is 13.6 Å². The number of sulfonamides is 1. The molecular formula is C18H30N2O3S. The van der Waals surface area contributed by atoms with Crippen LogP contribution in [-0.2, 0) is 10.0 Å². The van der Waals surface area contributed by atoms with E-state index in [4.69, 9.17) is 9.88 Å². The number of ether oxygens (including phenoxy) is 1. The largest absolute Gasteiger partial charge is 0.493 e. The molecule has 0 amide bonds. The highest BCUT2D eigenvalue weighted by atomic mass is 32.2. The fourth-order valence-corrected chi connectivity index (χ4v) is 3.91. The molecule has 1 saturated heterocycles. The molecule has 0 aromatic heterocycles. The summed E-state index contributed by atoms with van der Waals surface area (Å²) in [6.07, 6.45) is 1.62. The lowest BCUT2D eigenvalue weighted by molar-refractivity contribution is 0.0969. The molecule has 0 aliphatic carbocycles. The first-order valence-electron chi connectivity index (χ1n) is 8.66. The Morgan fingerprint density at radius 2 is 1.92 bits per heavy atom. The third-order valence-electron chi connectivity index (χ3n) is 4.88. The van der Waals surface area contributed by atoms with E-state index in [2.05, 4.69) is 37.9 Å². The second-order valence-electron chi connectivity index (χ2n) is 7.26. The van der Waals surface area contributed by atoms with Crippen molar-refractivity contribution in [3.8, 4) is 5.75 Å². The molecule has 0 bridgehead atoms. The van der Waals surface area contributed by atoms with E-state index in [1.165, 1.54) is 5.56 Å². The van der Waals surface area contributed by atoms with E-state index in [9.17, 15) is 8.42 Å². The third kappa shape index (κ3) is 6.07. The van der Waals surface area contributed by atoms with Gasteiger partial charge in [0.25, 0.3) is 0 Å². The lowest BCUT2D eigenvalue weighted by atomic mass is 9.84. The van der Waals surface area contributed by atoms with Crippen molar-refractivity contribution in [1.29, 1.82) is 0 Å². The first-order chi connectivity index (χ1) is 11.2. The summed E-state index contributed by atoms with van der Waals surface area (Å²) < 4.78 is 28.5. The van der Waals surface area contributed by atoms with Crippen molar-refractivity contribution >= 4 is 10.0 Å². The van der Waals surface area contributed by atoms with E-state index in [1.807, 2.05) is 12.1 Å². The van der Waals surface area contributed by atoms with Gasteiger partial charge in [-0.2, -0.15) is 0 Å². The quantitative estimate of drug-likeness (QED) is 0.816. The molecule has 1 aliphatic heterocycles. The third-order valence-corrected chi connectivity index (χ3v) is 5.68. The zero-order valence-corrected chi connectivity index (χ0v) is 15.8. The lowest BCUT2D eigenvalue weighted by Crippen LogP contribution is -2.41. The second-order valence-corrected chi connectivity index (χ2v) is 9.00. The maximum Gasteiger partial charge on any atom is 0.209 e. The number of primary sulfonamides is 1. The highest BCUT2D eigenvalue weighted by Gasteiger charge is 2.29. The topological polar surface area (TPSA) is 72.6 Å². The van der Waals surface area contributed by atoms with Crippen LogP contribution in [0.25, 0.3) is 0 Å². The van der Waals surface area contributed by atoms with Gasteiger partial charge in [0.15, 0.2) is 0 Å². The summed E-state index contributed by atoms with van der Waals surface area (Å²) in [7, 11) is -1.33. The van der Waals surface area contributed by atoms with Crippen LogP contribution < -0.4 is 9.88 Å². The molecule has 136 valence electrons. The molecule has 6 heteroatoms. The van der Waals surface area contributed by atoms with Crippen LogP contribution in [0.1, 0.15) is 38.2 Å². The van der Waals surface area contributed by atoms with E-state index in [0.717, 1.165) is 25.3 Å². The number of likely N-dealkylation sites (tertiary alicyclic amines) is 1. The number of hydrogen-bond acceptors (Lipinski definition) is 4. The number of hydrogen-bond donors (Lipinski definition) is 1. The standard InChI is InChI=1S/C18H30N2O3S/c1-14(2)15-4-6-18(7-5-15)23-13-17-8-10-20(3)12-16(17)9-11-24(19,21)22/h4-7,14,16-17H,8-13H2,1-3H3,(H2,19,21,22). The molecule has 0 saturated carbocycles. The maximum absolute atomic E-state index is 11.3. The number of nitrogens with two attached hydrogens (primary N) is 1. The number of piperidine rings is 1. The maximum atomic E-state index is 11.3. The molecule has 2 rings (SSSR count). The van der Waals surface area contributed by atoms with Crippen LogP contribution in [0.15, 0.2) is 24.3 Å². The van der Waals surface area contributed by atoms with E-state index in [0.29, 0.717) is 30.8 Å². The molecule has 1 aromatic carbocycles. The van der Waals surface area contributed by atoms with Crippen LogP contribution in [0.2, 0.25) is 0 Å². The Balaban J connectivity index is 1.92. The fourth-order valence-electron chi connectivity index (χ4n) is 3.28. The van der Waals surface area contributed by atoms with Gasteiger partial charge in [0.05, 0.1) is 12.4 Å². The van der Waals surface area contributed by atoms with Gasteiger partial charge in [-0.1, -0.05) is 26.0 Å². The minimum atomic E-state index is -3.40. The van der Waals surface area contributed by atoms with Crippen LogP contribution in [0, 0.1) is 11.8 Å². The van der Waals surface area contributed by atoms with Crippen molar-refractivity contribution in [2.75, 3.05) is 32.5 Å². The van der Waals surface area contributed by atoms with Crippen LogP contribution >= 0.6 is 0 Å². The molecule has 1 heterocycles. The summed E-state index contributed by atoms with van der Waals surface area (Å²) in [5.74, 6) is 2.11. The van der Waals surface area contributed by atoms with Crippen molar-refractivity contribution in [2.24, 2.45) is 17.0 Å².